The summed E-state index contributed by atoms with van der Waals surface area (Å²) in [7, 11) is 0. The van der Waals surface area contributed by atoms with Gasteiger partial charge in [0.15, 0.2) is 0 Å². The minimum atomic E-state index is -0.476. The summed E-state index contributed by atoms with van der Waals surface area (Å²) in [4.78, 5) is 0. The molecular formula is C12H14N2O. The van der Waals surface area contributed by atoms with Gasteiger partial charge in [0, 0.05) is 0 Å². The quantitative estimate of drug-likeness (QED) is 0.811. The first-order chi connectivity index (χ1) is 7.35. The highest BCUT2D eigenvalue weighted by molar-refractivity contribution is 5.22. The Bertz CT molecular complexity index is 350. The Balaban J connectivity index is 1.95. The molecule has 1 aliphatic rings. The molecule has 0 bridgehead atoms. The van der Waals surface area contributed by atoms with Crippen LogP contribution in [0, 0.1) is 11.3 Å². The Morgan fingerprint density at radius 2 is 2.20 bits per heavy atom. The average molecular weight is 202 g/mol. The third-order valence-electron chi connectivity index (χ3n) is 2.69. The van der Waals surface area contributed by atoms with E-state index in [1.807, 2.05) is 30.3 Å². The van der Waals surface area contributed by atoms with Gasteiger partial charge in [-0.1, -0.05) is 18.2 Å². The first kappa shape index (κ1) is 10.0. The van der Waals surface area contributed by atoms with Crippen molar-refractivity contribution < 1.29 is 4.74 Å². The normalized spacial score (nSPS) is 24.7. The molecule has 3 nitrogen and oxygen atoms in total. The number of nitrogens with one attached hydrogen (secondary N) is 1. The number of ether oxygens (including phenoxy) is 1. The summed E-state index contributed by atoms with van der Waals surface area (Å²) in [5, 5.41) is 12.3. The summed E-state index contributed by atoms with van der Waals surface area (Å²) < 4.78 is 5.60. The van der Waals surface area contributed by atoms with Crippen LogP contribution in [-0.2, 0) is 0 Å². The Hall–Kier alpha value is -1.53. The predicted molar refractivity (Wildman–Crippen MR) is 57.5 cm³/mol. The largest absolute Gasteiger partial charge is 0.491 e. The maximum Gasteiger partial charge on any atom is 0.141 e. The summed E-state index contributed by atoms with van der Waals surface area (Å²) in [6, 6.07) is 11.9. The van der Waals surface area contributed by atoms with Crippen LogP contribution in [0.1, 0.15) is 12.8 Å². The van der Waals surface area contributed by atoms with Gasteiger partial charge in [-0.25, -0.2) is 0 Å². The molecule has 1 aromatic rings. The second kappa shape index (κ2) is 4.33. The van der Waals surface area contributed by atoms with E-state index in [-0.39, 0.29) is 0 Å². The SMILES string of the molecule is N#CC1(COc2ccccc2)CCCN1. The van der Waals surface area contributed by atoms with Crippen LogP contribution in [0.25, 0.3) is 0 Å². The first-order valence-corrected chi connectivity index (χ1v) is 5.19. The minimum absolute atomic E-state index is 0.424. The Labute approximate surface area is 89.7 Å². The topological polar surface area (TPSA) is 45.0 Å². The van der Waals surface area contributed by atoms with Gasteiger partial charge < -0.3 is 4.74 Å². The molecule has 1 aromatic carbocycles. The molecule has 0 saturated carbocycles. The number of nitrogens with zero attached hydrogens (tertiary/aromatic N) is 1. The van der Waals surface area contributed by atoms with Gasteiger partial charge in [-0.15, -0.1) is 0 Å². The molecule has 78 valence electrons. The molecule has 0 aromatic heterocycles. The van der Waals surface area contributed by atoms with E-state index in [9.17, 15) is 0 Å². The number of nitriles is 1. The fourth-order valence-electron chi connectivity index (χ4n) is 1.78. The maximum atomic E-state index is 9.10. The maximum absolute atomic E-state index is 9.10. The Morgan fingerprint density at radius 1 is 1.40 bits per heavy atom. The molecule has 1 N–H and O–H groups in total. The number of benzene rings is 1. The van der Waals surface area contributed by atoms with E-state index in [0.29, 0.717) is 6.61 Å². The first-order valence-electron chi connectivity index (χ1n) is 5.19. The van der Waals surface area contributed by atoms with Crippen molar-refractivity contribution >= 4 is 0 Å². The van der Waals surface area contributed by atoms with Gasteiger partial charge >= 0.3 is 0 Å². The molecule has 1 saturated heterocycles. The van der Waals surface area contributed by atoms with Crippen LogP contribution >= 0.6 is 0 Å². The molecular weight excluding hydrogens is 188 g/mol. The number of hydrogen-bond donors (Lipinski definition) is 1. The van der Waals surface area contributed by atoms with Gasteiger partial charge in [-0.3, -0.25) is 5.32 Å². The standard InChI is InChI=1S/C12H14N2O/c13-9-12(7-4-8-14-12)10-15-11-5-2-1-3-6-11/h1-3,5-6,14H,4,7-8,10H2. The zero-order valence-electron chi connectivity index (χ0n) is 8.57. The van der Waals surface area contributed by atoms with E-state index >= 15 is 0 Å². The summed E-state index contributed by atoms with van der Waals surface area (Å²) in [5.74, 6) is 0.820. The van der Waals surface area contributed by atoms with E-state index in [0.717, 1.165) is 25.1 Å². The molecule has 0 aliphatic carbocycles. The van der Waals surface area contributed by atoms with Crippen molar-refractivity contribution in [1.82, 2.24) is 5.32 Å². The highest BCUT2D eigenvalue weighted by Crippen LogP contribution is 2.20. The van der Waals surface area contributed by atoms with Crippen LogP contribution in [-0.4, -0.2) is 18.7 Å². The molecule has 15 heavy (non-hydrogen) atoms. The minimum Gasteiger partial charge on any atom is -0.491 e. The lowest BCUT2D eigenvalue weighted by Gasteiger charge is -2.21. The van der Waals surface area contributed by atoms with Crippen molar-refractivity contribution in [1.29, 1.82) is 5.26 Å². The predicted octanol–water partition coefficient (Wildman–Crippen LogP) is 1.71. The van der Waals surface area contributed by atoms with Gasteiger partial charge in [0.1, 0.15) is 17.9 Å². The molecule has 0 radical (unpaired) electrons. The van der Waals surface area contributed by atoms with E-state index in [1.165, 1.54) is 0 Å². The van der Waals surface area contributed by atoms with E-state index < -0.39 is 5.54 Å². The molecule has 1 heterocycles. The van der Waals surface area contributed by atoms with Crippen LogP contribution in [0.15, 0.2) is 30.3 Å². The second-order valence-electron chi connectivity index (χ2n) is 3.83. The fourth-order valence-corrected chi connectivity index (χ4v) is 1.78. The van der Waals surface area contributed by atoms with Gasteiger partial charge in [0.2, 0.25) is 0 Å². The van der Waals surface area contributed by atoms with Crippen LogP contribution in [0.3, 0.4) is 0 Å². The smallest absolute Gasteiger partial charge is 0.141 e. The number of para-hydroxylation sites is 1. The Morgan fingerprint density at radius 3 is 2.80 bits per heavy atom. The Kier molecular flexibility index (Phi) is 2.89. The van der Waals surface area contributed by atoms with E-state index in [1.54, 1.807) is 0 Å². The van der Waals surface area contributed by atoms with Crippen molar-refractivity contribution in [2.24, 2.45) is 0 Å². The number of rotatable bonds is 3. The molecule has 1 aliphatic heterocycles. The van der Waals surface area contributed by atoms with Crippen molar-refractivity contribution in [2.75, 3.05) is 13.2 Å². The summed E-state index contributed by atoms with van der Waals surface area (Å²) in [6.07, 6.45) is 1.92. The van der Waals surface area contributed by atoms with E-state index in [2.05, 4.69) is 11.4 Å². The third-order valence-corrected chi connectivity index (χ3v) is 2.69. The van der Waals surface area contributed by atoms with Crippen LogP contribution < -0.4 is 10.1 Å². The molecule has 1 atom stereocenters. The van der Waals surface area contributed by atoms with Gasteiger partial charge in [0.05, 0.1) is 6.07 Å². The third kappa shape index (κ3) is 2.28. The lowest BCUT2D eigenvalue weighted by Crippen LogP contribution is -2.43. The monoisotopic (exact) mass is 202 g/mol. The van der Waals surface area contributed by atoms with Crippen molar-refractivity contribution in [2.45, 2.75) is 18.4 Å². The number of hydrogen-bond acceptors (Lipinski definition) is 3. The van der Waals surface area contributed by atoms with Crippen molar-refractivity contribution in [3.63, 3.8) is 0 Å². The molecule has 1 unspecified atom stereocenters. The van der Waals surface area contributed by atoms with Crippen LogP contribution in [0.4, 0.5) is 0 Å². The van der Waals surface area contributed by atoms with Gasteiger partial charge in [-0.2, -0.15) is 5.26 Å². The second-order valence-corrected chi connectivity index (χ2v) is 3.83. The molecule has 3 heteroatoms. The molecule has 0 amide bonds. The zero-order chi connectivity index (χ0) is 10.6. The molecule has 0 spiro atoms. The van der Waals surface area contributed by atoms with Crippen molar-refractivity contribution in [3.05, 3.63) is 30.3 Å². The van der Waals surface area contributed by atoms with Crippen LogP contribution in [0.2, 0.25) is 0 Å². The van der Waals surface area contributed by atoms with E-state index in [4.69, 9.17) is 10.00 Å². The average Bonchev–Trinajstić information content (AvgIpc) is 2.77. The summed E-state index contributed by atoms with van der Waals surface area (Å²) in [6.45, 7) is 1.33. The van der Waals surface area contributed by atoms with Gasteiger partial charge in [0.25, 0.3) is 0 Å². The lowest BCUT2D eigenvalue weighted by molar-refractivity contribution is 0.238. The highest BCUT2D eigenvalue weighted by Gasteiger charge is 2.34. The van der Waals surface area contributed by atoms with Crippen molar-refractivity contribution in [3.8, 4) is 11.8 Å². The van der Waals surface area contributed by atoms with Gasteiger partial charge in [-0.05, 0) is 31.5 Å². The van der Waals surface area contributed by atoms with Crippen LogP contribution in [0.5, 0.6) is 5.75 Å². The molecule has 1 fully saturated rings. The lowest BCUT2D eigenvalue weighted by atomic mass is 10.0. The fraction of sp³-hybridized carbons (Fsp3) is 0.417. The molecule has 2 rings (SSSR count). The highest BCUT2D eigenvalue weighted by atomic mass is 16.5. The zero-order valence-corrected chi connectivity index (χ0v) is 8.57. The summed E-state index contributed by atoms with van der Waals surface area (Å²) >= 11 is 0. The summed E-state index contributed by atoms with van der Waals surface area (Å²) in [5.41, 5.74) is -0.476.